The number of hydrogen-bond donors (Lipinski definition) is 2. The van der Waals surface area contributed by atoms with E-state index in [1.807, 2.05) is 0 Å². The van der Waals surface area contributed by atoms with Crippen LogP contribution in [0.1, 0.15) is 71.1 Å². The standard InChI is InChI=1S/C25H37N3O3S/c1-2-9-32-24-20(4-6-22(27-24)28-8-7-17(14-28)25(30)31)23(29)26-21-5-3-16-10-15-11-18(16)13-19(21)12-15/h15-19,21H,2-14H2,1H3,(H,26,29)(H,30,31). The lowest BCUT2D eigenvalue weighted by Gasteiger charge is -2.33. The molecule has 2 N–H and O–H groups in total. The number of thioether (sulfide) groups is 1. The molecule has 1 amide bonds. The fourth-order valence-corrected chi connectivity index (χ4v) is 7.96. The summed E-state index contributed by atoms with van der Waals surface area (Å²) in [5, 5.41) is 13.7. The summed E-state index contributed by atoms with van der Waals surface area (Å²) in [6.07, 6.45) is 11.0. The van der Waals surface area contributed by atoms with Gasteiger partial charge in [-0.2, -0.15) is 0 Å². The van der Waals surface area contributed by atoms with Gasteiger partial charge in [0.2, 0.25) is 5.91 Å². The third kappa shape index (κ3) is 4.46. The van der Waals surface area contributed by atoms with Crippen molar-refractivity contribution in [1.29, 1.82) is 0 Å². The third-order valence-corrected chi connectivity index (χ3v) is 9.84. The zero-order valence-corrected chi connectivity index (χ0v) is 20.0. The molecule has 3 saturated carbocycles. The topological polar surface area (TPSA) is 82.0 Å². The number of nitrogens with one attached hydrogen (secondary N) is 1. The molecule has 176 valence electrons. The monoisotopic (exact) mass is 459 g/mol. The molecular formula is C25H37N3O3S. The molecule has 0 spiro atoms. The number of hydrogen-bond acceptors (Lipinski definition) is 5. The van der Waals surface area contributed by atoms with E-state index in [0.717, 1.165) is 65.8 Å². The fourth-order valence-electron chi connectivity index (χ4n) is 7.03. The van der Waals surface area contributed by atoms with Crippen LogP contribution in [-0.2, 0) is 9.59 Å². The first-order valence-electron chi connectivity index (χ1n) is 12.7. The quantitative estimate of drug-likeness (QED) is 0.620. The predicted molar refractivity (Wildman–Crippen MR) is 127 cm³/mol. The molecule has 32 heavy (non-hydrogen) atoms. The van der Waals surface area contributed by atoms with Gasteiger partial charge < -0.3 is 15.3 Å². The van der Waals surface area contributed by atoms with Crippen molar-refractivity contribution in [2.75, 3.05) is 18.8 Å². The number of carbonyl (C=O) groups excluding carboxylic acids is 1. The van der Waals surface area contributed by atoms with E-state index in [1.54, 1.807) is 11.8 Å². The summed E-state index contributed by atoms with van der Waals surface area (Å²) in [6.45, 7) is 3.43. The first-order valence-corrected chi connectivity index (χ1v) is 13.7. The molecule has 2 heterocycles. The Kier molecular flexibility index (Phi) is 6.55. The van der Waals surface area contributed by atoms with Gasteiger partial charge in [0.05, 0.1) is 5.92 Å². The van der Waals surface area contributed by atoms with Crippen molar-refractivity contribution in [2.45, 2.75) is 77.2 Å². The predicted octanol–water partition coefficient (Wildman–Crippen LogP) is 4.27. The molecule has 5 aliphatic rings. The number of carboxylic acids is 1. The molecule has 1 saturated heterocycles. The second-order valence-corrected chi connectivity index (χ2v) is 11.8. The van der Waals surface area contributed by atoms with Crippen molar-refractivity contribution in [3.63, 3.8) is 0 Å². The summed E-state index contributed by atoms with van der Waals surface area (Å²) >= 11 is 1.68. The molecule has 0 radical (unpaired) electrons. The molecular weight excluding hydrogens is 422 g/mol. The lowest BCUT2D eigenvalue weighted by atomic mass is 9.77. The largest absolute Gasteiger partial charge is 0.481 e. The third-order valence-electron chi connectivity index (χ3n) is 8.62. The Morgan fingerprint density at radius 2 is 1.91 bits per heavy atom. The summed E-state index contributed by atoms with van der Waals surface area (Å²) in [6, 6.07) is 0.323. The highest BCUT2D eigenvalue weighted by Crippen LogP contribution is 2.53. The van der Waals surface area contributed by atoms with Gasteiger partial charge in [0.1, 0.15) is 10.9 Å². The molecule has 0 aromatic rings. The summed E-state index contributed by atoms with van der Waals surface area (Å²) in [7, 11) is 0. The molecule has 0 aromatic heterocycles. The van der Waals surface area contributed by atoms with Gasteiger partial charge in [-0.15, -0.1) is 11.8 Å². The van der Waals surface area contributed by atoms with Crippen LogP contribution in [0.25, 0.3) is 0 Å². The Morgan fingerprint density at radius 1 is 1.09 bits per heavy atom. The maximum Gasteiger partial charge on any atom is 0.308 e. The van der Waals surface area contributed by atoms with Crippen molar-refractivity contribution in [2.24, 2.45) is 34.6 Å². The lowest BCUT2D eigenvalue weighted by molar-refractivity contribution is -0.141. The first-order chi connectivity index (χ1) is 15.5. The normalized spacial score (nSPS) is 36.3. The number of amides is 1. The molecule has 4 fully saturated rings. The molecule has 6 unspecified atom stereocenters. The maximum absolute atomic E-state index is 13.4. The van der Waals surface area contributed by atoms with Crippen LogP contribution in [0.5, 0.6) is 0 Å². The summed E-state index contributed by atoms with van der Waals surface area (Å²) < 4.78 is 0. The van der Waals surface area contributed by atoms with E-state index in [0.29, 0.717) is 31.3 Å². The van der Waals surface area contributed by atoms with E-state index < -0.39 is 5.97 Å². The van der Waals surface area contributed by atoms with E-state index in [2.05, 4.69) is 17.1 Å². The lowest BCUT2D eigenvalue weighted by Crippen LogP contribution is -2.43. The Labute approximate surface area is 195 Å². The Balaban J connectivity index is 1.30. The highest BCUT2D eigenvalue weighted by atomic mass is 32.2. The number of nitrogens with zero attached hydrogens (tertiary/aromatic N) is 2. The van der Waals surface area contributed by atoms with E-state index >= 15 is 0 Å². The zero-order valence-electron chi connectivity index (χ0n) is 19.2. The number of carboxylic acid groups (broad SMARTS) is 1. The smallest absolute Gasteiger partial charge is 0.308 e. The van der Waals surface area contributed by atoms with Gasteiger partial charge in [-0.1, -0.05) is 6.92 Å². The number of carbonyl (C=O) groups is 2. The molecule has 7 heteroatoms. The number of amidine groups is 1. The Hall–Kier alpha value is -1.50. The van der Waals surface area contributed by atoms with Gasteiger partial charge >= 0.3 is 5.97 Å². The van der Waals surface area contributed by atoms with Gasteiger partial charge in [0.25, 0.3) is 0 Å². The van der Waals surface area contributed by atoms with Crippen LogP contribution in [0.15, 0.2) is 15.6 Å². The van der Waals surface area contributed by atoms with E-state index in [9.17, 15) is 14.7 Å². The number of aliphatic imine (C=N–C) groups is 1. The molecule has 6 atom stereocenters. The average Bonchev–Trinajstić information content (AvgIpc) is 3.36. The minimum atomic E-state index is -0.717. The van der Waals surface area contributed by atoms with Crippen LogP contribution < -0.4 is 5.32 Å². The highest BCUT2D eigenvalue weighted by molar-refractivity contribution is 8.03. The van der Waals surface area contributed by atoms with Crippen molar-refractivity contribution in [3.05, 3.63) is 10.6 Å². The minimum Gasteiger partial charge on any atom is -0.481 e. The van der Waals surface area contributed by atoms with E-state index in [4.69, 9.17) is 4.99 Å². The number of rotatable bonds is 6. The van der Waals surface area contributed by atoms with Gasteiger partial charge in [-0.25, -0.2) is 4.99 Å². The van der Waals surface area contributed by atoms with Crippen molar-refractivity contribution < 1.29 is 14.7 Å². The van der Waals surface area contributed by atoms with Crippen LogP contribution in [0.4, 0.5) is 0 Å². The number of likely N-dealkylation sites (tertiary alicyclic amines) is 1. The molecule has 3 bridgehead atoms. The summed E-state index contributed by atoms with van der Waals surface area (Å²) in [4.78, 5) is 31.8. The van der Waals surface area contributed by atoms with Crippen LogP contribution in [0, 0.1) is 29.6 Å². The Bertz CT molecular complexity index is 825. The van der Waals surface area contributed by atoms with Crippen LogP contribution >= 0.6 is 11.8 Å². The fraction of sp³-hybridized carbons (Fsp3) is 0.800. The number of aliphatic carboxylic acids is 1. The molecule has 2 aliphatic heterocycles. The van der Waals surface area contributed by atoms with Gasteiger partial charge in [0, 0.05) is 31.1 Å². The summed E-state index contributed by atoms with van der Waals surface area (Å²) in [5.41, 5.74) is 0.850. The van der Waals surface area contributed by atoms with Crippen molar-refractivity contribution in [3.8, 4) is 0 Å². The summed E-state index contributed by atoms with van der Waals surface area (Å²) in [5.74, 6) is 4.35. The Morgan fingerprint density at radius 3 is 2.69 bits per heavy atom. The minimum absolute atomic E-state index is 0.0962. The second kappa shape index (κ2) is 9.40. The maximum atomic E-state index is 13.4. The zero-order chi connectivity index (χ0) is 22.2. The first kappa shape index (κ1) is 22.3. The van der Waals surface area contributed by atoms with Crippen molar-refractivity contribution in [1.82, 2.24) is 10.2 Å². The van der Waals surface area contributed by atoms with Gasteiger partial charge in [0.15, 0.2) is 0 Å². The van der Waals surface area contributed by atoms with Gasteiger partial charge in [-0.05, 0) is 87.2 Å². The molecule has 6 nitrogen and oxygen atoms in total. The molecule has 0 aromatic carbocycles. The second-order valence-electron chi connectivity index (χ2n) is 10.7. The van der Waals surface area contributed by atoms with E-state index in [1.165, 1.54) is 32.1 Å². The average molecular weight is 460 g/mol. The molecule has 5 rings (SSSR count). The molecule has 3 aliphatic carbocycles. The van der Waals surface area contributed by atoms with Crippen LogP contribution in [-0.4, -0.2) is 52.6 Å². The van der Waals surface area contributed by atoms with Crippen molar-refractivity contribution >= 4 is 29.5 Å². The SMILES string of the molecule is CCCSC1=C(C(=O)NC2CCC3CC4CC3CC2C4)CCC(N2CCC(C(=O)O)C2)=N1. The van der Waals surface area contributed by atoms with Gasteiger partial charge in [-0.3, -0.25) is 9.59 Å². The van der Waals surface area contributed by atoms with E-state index in [-0.39, 0.29) is 11.8 Å². The van der Waals surface area contributed by atoms with Crippen LogP contribution in [0.2, 0.25) is 0 Å². The highest BCUT2D eigenvalue weighted by Gasteiger charge is 2.46. The van der Waals surface area contributed by atoms with Crippen LogP contribution in [0.3, 0.4) is 0 Å². The number of fused-ring (bicyclic) bond motifs is 2.